The summed E-state index contributed by atoms with van der Waals surface area (Å²) in [6.45, 7) is 2.25. The Labute approximate surface area is 167 Å². The van der Waals surface area contributed by atoms with Gasteiger partial charge < -0.3 is 9.47 Å². The second-order valence-electron chi connectivity index (χ2n) is 5.75. The molecule has 3 aromatic rings. The highest BCUT2D eigenvalue weighted by molar-refractivity contribution is 7.11. The van der Waals surface area contributed by atoms with E-state index in [1.165, 1.54) is 11.3 Å². The average Bonchev–Trinajstić information content (AvgIpc) is 3.12. The van der Waals surface area contributed by atoms with Crippen LogP contribution in [0.5, 0.6) is 11.5 Å². The molecule has 0 spiro atoms. The second-order valence-corrected chi connectivity index (χ2v) is 7.02. The van der Waals surface area contributed by atoms with Gasteiger partial charge in [-0.1, -0.05) is 35.9 Å². The van der Waals surface area contributed by atoms with Crippen LogP contribution >= 0.6 is 22.9 Å². The molecule has 0 unspecified atom stereocenters. The molecule has 4 nitrogen and oxygen atoms in total. The van der Waals surface area contributed by atoms with E-state index in [9.17, 15) is 5.26 Å². The summed E-state index contributed by atoms with van der Waals surface area (Å²) in [5.74, 6) is 1.20. The van der Waals surface area contributed by atoms with Crippen LogP contribution in [0.25, 0.3) is 11.6 Å². The van der Waals surface area contributed by atoms with Gasteiger partial charge in [0.25, 0.3) is 0 Å². The average molecular weight is 397 g/mol. The number of halogens is 1. The van der Waals surface area contributed by atoms with Gasteiger partial charge in [-0.3, -0.25) is 0 Å². The zero-order valence-corrected chi connectivity index (χ0v) is 16.5. The van der Waals surface area contributed by atoms with Crippen molar-refractivity contribution >= 4 is 34.6 Å². The van der Waals surface area contributed by atoms with Gasteiger partial charge in [-0.2, -0.15) is 5.26 Å². The molecule has 0 fully saturated rings. The van der Waals surface area contributed by atoms with Gasteiger partial charge in [0, 0.05) is 21.7 Å². The minimum Gasteiger partial charge on any atom is -0.493 e. The van der Waals surface area contributed by atoms with Crippen molar-refractivity contribution in [1.29, 1.82) is 5.26 Å². The first kappa shape index (κ1) is 19.0. The smallest absolute Gasteiger partial charge is 0.161 e. The number of thiazole rings is 1. The summed E-state index contributed by atoms with van der Waals surface area (Å²) in [6, 6.07) is 15.3. The standard InChI is InChI=1S/C21H17ClN2O2S/c1-14-13-27-21(24-14)17(11-23)9-15-7-8-19(20(10-15)25-2)26-12-16-5-3-4-6-18(16)22/h3-10,13H,12H2,1-2H3/b17-9+. The Morgan fingerprint density at radius 3 is 2.74 bits per heavy atom. The topological polar surface area (TPSA) is 55.1 Å². The van der Waals surface area contributed by atoms with Crippen molar-refractivity contribution in [2.75, 3.05) is 7.11 Å². The molecule has 0 saturated heterocycles. The Hall–Kier alpha value is -2.81. The van der Waals surface area contributed by atoms with Crippen molar-refractivity contribution in [2.24, 2.45) is 0 Å². The van der Waals surface area contributed by atoms with Crippen LogP contribution in [0, 0.1) is 18.3 Å². The molecule has 0 bridgehead atoms. The zero-order valence-electron chi connectivity index (χ0n) is 14.9. The van der Waals surface area contributed by atoms with Gasteiger partial charge in [0.1, 0.15) is 17.7 Å². The third-order valence-electron chi connectivity index (χ3n) is 3.81. The van der Waals surface area contributed by atoms with Crippen molar-refractivity contribution in [2.45, 2.75) is 13.5 Å². The molecule has 2 aromatic carbocycles. The number of nitriles is 1. The van der Waals surface area contributed by atoms with Crippen LogP contribution in [0.1, 0.15) is 21.8 Å². The first-order valence-electron chi connectivity index (χ1n) is 8.19. The molecule has 136 valence electrons. The van der Waals surface area contributed by atoms with Gasteiger partial charge >= 0.3 is 0 Å². The fourth-order valence-corrected chi connectivity index (χ4v) is 3.40. The van der Waals surface area contributed by atoms with E-state index in [1.54, 1.807) is 13.2 Å². The Bertz CT molecular complexity index is 1020. The van der Waals surface area contributed by atoms with Gasteiger partial charge in [-0.15, -0.1) is 11.3 Å². The van der Waals surface area contributed by atoms with Gasteiger partial charge in [0.05, 0.1) is 12.7 Å². The minimum atomic E-state index is 0.340. The number of allylic oxidation sites excluding steroid dienone is 1. The van der Waals surface area contributed by atoms with Crippen molar-refractivity contribution in [3.8, 4) is 17.6 Å². The lowest BCUT2D eigenvalue weighted by atomic mass is 10.1. The Morgan fingerprint density at radius 2 is 2.07 bits per heavy atom. The Kier molecular flexibility index (Phi) is 6.12. The maximum Gasteiger partial charge on any atom is 0.161 e. The highest BCUT2D eigenvalue weighted by Crippen LogP contribution is 2.31. The monoisotopic (exact) mass is 396 g/mol. The van der Waals surface area contributed by atoms with Gasteiger partial charge in [-0.25, -0.2) is 4.98 Å². The number of methoxy groups -OCH3 is 1. The largest absolute Gasteiger partial charge is 0.493 e. The van der Waals surface area contributed by atoms with E-state index in [-0.39, 0.29) is 0 Å². The van der Waals surface area contributed by atoms with Crippen LogP contribution < -0.4 is 9.47 Å². The van der Waals surface area contributed by atoms with E-state index < -0.39 is 0 Å². The molecule has 0 N–H and O–H groups in total. The number of hydrogen-bond acceptors (Lipinski definition) is 5. The van der Waals surface area contributed by atoms with Gasteiger partial charge in [0.2, 0.25) is 0 Å². The molecule has 0 aliphatic carbocycles. The summed E-state index contributed by atoms with van der Waals surface area (Å²) in [7, 11) is 1.58. The molecule has 0 radical (unpaired) electrons. The zero-order chi connectivity index (χ0) is 19.2. The predicted octanol–water partition coefficient (Wildman–Crippen LogP) is 5.76. The quantitative estimate of drug-likeness (QED) is 0.497. The van der Waals surface area contributed by atoms with Crippen LogP contribution in [-0.2, 0) is 6.61 Å². The summed E-state index contributed by atoms with van der Waals surface area (Å²) in [5, 5.41) is 12.7. The third-order valence-corrected chi connectivity index (χ3v) is 5.17. The molecule has 27 heavy (non-hydrogen) atoms. The van der Waals surface area contributed by atoms with Crippen molar-refractivity contribution in [3.63, 3.8) is 0 Å². The highest BCUT2D eigenvalue weighted by atomic mass is 35.5. The summed E-state index contributed by atoms with van der Waals surface area (Å²) in [5.41, 5.74) is 3.15. The molecule has 1 heterocycles. The molecule has 0 aliphatic rings. The van der Waals surface area contributed by atoms with E-state index in [4.69, 9.17) is 21.1 Å². The maximum atomic E-state index is 9.45. The van der Waals surface area contributed by atoms with Crippen molar-refractivity contribution in [1.82, 2.24) is 4.98 Å². The van der Waals surface area contributed by atoms with E-state index in [0.29, 0.717) is 33.7 Å². The SMILES string of the molecule is COc1cc(/C=C(\C#N)c2nc(C)cs2)ccc1OCc1ccccc1Cl. The van der Waals surface area contributed by atoms with Crippen LogP contribution in [0.4, 0.5) is 0 Å². The number of aryl methyl sites for hydroxylation is 1. The summed E-state index contributed by atoms with van der Waals surface area (Å²) in [4.78, 5) is 4.37. The first-order valence-corrected chi connectivity index (χ1v) is 9.45. The number of benzene rings is 2. The Balaban J connectivity index is 1.82. The number of hydrogen-bond donors (Lipinski definition) is 0. The molecule has 0 amide bonds. The van der Waals surface area contributed by atoms with Crippen molar-refractivity contribution in [3.05, 3.63) is 74.7 Å². The van der Waals surface area contributed by atoms with Crippen LogP contribution in [-0.4, -0.2) is 12.1 Å². The lowest BCUT2D eigenvalue weighted by molar-refractivity contribution is 0.284. The highest BCUT2D eigenvalue weighted by Gasteiger charge is 2.09. The predicted molar refractivity (Wildman–Crippen MR) is 109 cm³/mol. The molecule has 6 heteroatoms. The summed E-state index contributed by atoms with van der Waals surface area (Å²) < 4.78 is 11.3. The number of ether oxygens (including phenoxy) is 2. The minimum absolute atomic E-state index is 0.340. The first-order chi connectivity index (χ1) is 13.1. The number of nitrogens with zero attached hydrogens (tertiary/aromatic N) is 2. The number of aromatic nitrogens is 1. The molecule has 0 saturated carbocycles. The molecular formula is C21H17ClN2O2S. The lowest BCUT2D eigenvalue weighted by Crippen LogP contribution is -1.98. The summed E-state index contributed by atoms with van der Waals surface area (Å²) >= 11 is 7.62. The van der Waals surface area contributed by atoms with Crippen LogP contribution in [0.15, 0.2) is 47.8 Å². The molecule has 1 aromatic heterocycles. The molecular weight excluding hydrogens is 380 g/mol. The molecule has 0 atom stereocenters. The molecule has 0 aliphatic heterocycles. The van der Waals surface area contributed by atoms with E-state index in [1.807, 2.05) is 54.8 Å². The third kappa shape index (κ3) is 4.68. The normalized spacial score (nSPS) is 11.1. The van der Waals surface area contributed by atoms with E-state index in [0.717, 1.165) is 16.8 Å². The van der Waals surface area contributed by atoms with E-state index in [2.05, 4.69) is 11.1 Å². The van der Waals surface area contributed by atoms with Crippen LogP contribution in [0.3, 0.4) is 0 Å². The van der Waals surface area contributed by atoms with Crippen molar-refractivity contribution < 1.29 is 9.47 Å². The van der Waals surface area contributed by atoms with E-state index >= 15 is 0 Å². The lowest BCUT2D eigenvalue weighted by Gasteiger charge is -2.12. The van der Waals surface area contributed by atoms with Gasteiger partial charge in [-0.05, 0) is 36.8 Å². The summed E-state index contributed by atoms with van der Waals surface area (Å²) in [6.07, 6.45) is 1.79. The maximum absolute atomic E-state index is 9.45. The Morgan fingerprint density at radius 1 is 1.26 bits per heavy atom. The van der Waals surface area contributed by atoms with Gasteiger partial charge in [0.15, 0.2) is 11.5 Å². The van der Waals surface area contributed by atoms with Crippen LogP contribution in [0.2, 0.25) is 5.02 Å². The molecule has 3 rings (SSSR count). The second kappa shape index (κ2) is 8.72. The fraction of sp³-hybridized carbons (Fsp3) is 0.143. The number of rotatable bonds is 6. The fourth-order valence-electron chi connectivity index (χ4n) is 2.45.